The number of thiocarbonyl (C=S) groups is 1. The molecule has 0 aliphatic heterocycles. The third-order valence-electron chi connectivity index (χ3n) is 1.94. The van der Waals surface area contributed by atoms with Crippen molar-refractivity contribution in [2.45, 2.75) is 32.1 Å². The average molecular weight is 214 g/mol. The molecule has 13 heavy (non-hydrogen) atoms. The lowest BCUT2D eigenvalue weighted by Crippen LogP contribution is -1.95. The maximum absolute atomic E-state index is 5.56. The van der Waals surface area contributed by atoms with E-state index in [1.165, 1.54) is 29.1 Å². The number of hydrogen-bond acceptors (Lipinski definition) is 4. The number of anilines is 1. The van der Waals surface area contributed by atoms with Gasteiger partial charge in [0.2, 0.25) is 0 Å². The van der Waals surface area contributed by atoms with E-state index >= 15 is 0 Å². The smallest absolute Gasteiger partial charge is 0.180 e. The van der Waals surface area contributed by atoms with Crippen molar-refractivity contribution in [2.24, 2.45) is 0 Å². The van der Waals surface area contributed by atoms with Crippen molar-refractivity contribution in [3.05, 3.63) is 11.1 Å². The number of unbranched alkanes of at least 4 members (excludes halogenated alkanes) is 1. The molecule has 0 aliphatic carbocycles. The van der Waals surface area contributed by atoms with E-state index in [0.29, 0.717) is 11.0 Å². The van der Waals surface area contributed by atoms with Gasteiger partial charge in [-0.2, -0.15) is 0 Å². The Kier molecular flexibility index (Phi) is 4.32. The highest BCUT2D eigenvalue weighted by molar-refractivity contribution is 7.79. The number of nitrogens with two attached hydrogens (primary N) is 1. The topological polar surface area (TPSA) is 38.9 Å². The molecule has 2 nitrogen and oxygen atoms in total. The highest BCUT2D eigenvalue weighted by atomic mass is 32.1. The van der Waals surface area contributed by atoms with Gasteiger partial charge in [0, 0.05) is 17.0 Å². The molecule has 1 rings (SSSR count). The molecule has 0 spiro atoms. The fourth-order valence-electron chi connectivity index (χ4n) is 1.17. The van der Waals surface area contributed by atoms with Crippen LogP contribution in [0.15, 0.2) is 6.20 Å². The van der Waals surface area contributed by atoms with Gasteiger partial charge in [0.15, 0.2) is 5.13 Å². The summed E-state index contributed by atoms with van der Waals surface area (Å²) in [6, 6.07) is 0. The zero-order valence-corrected chi connectivity index (χ0v) is 9.33. The second-order valence-corrected chi connectivity index (χ2v) is 4.35. The van der Waals surface area contributed by atoms with Crippen molar-refractivity contribution in [1.29, 1.82) is 0 Å². The second-order valence-electron chi connectivity index (χ2n) is 2.99. The lowest BCUT2D eigenvalue weighted by atomic mass is 10.0. The summed E-state index contributed by atoms with van der Waals surface area (Å²) in [6.45, 7) is 2.18. The van der Waals surface area contributed by atoms with Crippen molar-refractivity contribution in [3.63, 3.8) is 0 Å². The van der Waals surface area contributed by atoms with Crippen LogP contribution in [0.4, 0.5) is 5.13 Å². The van der Waals surface area contributed by atoms with Gasteiger partial charge in [-0.1, -0.05) is 32.0 Å². The summed E-state index contributed by atoms with van der Waals surface area (Å²) in [5, 5.41) is 2.45. The predicted molar refractivity (Wildman–Crippen MR) is 62.4 cm³/mol. The molecule has 0 bridgehead atoms. The first-order valence-corrected chi connectivity index (χ1v) is 5.73. The number of rotatable bonds is 5. The van der Waals surface area contributed by atoms with E-state index in [0.717, 1.165) is 6.42 Å². The molecule has 0 amide bonds. The molecule has 1 unspecified atom stereocenters. The van der Waals surface area contributed by atoms with E-state index < -0.39 is 0 Å². The van der Waals surface area contributed by atoms with Gasteiger partial charge >= 0.3 is 0 Å². The van der Waals surface area contributed by atoms with Gasteiger partial charge in [-0.05, 0) is 11.8 Å². The van der Waals surface area contributed by atoms with Crippen LogP contribution in [-0.2, 0) is 0 Å². The minimum absolute atomic E-state index is 0.366. The third-order valence-corrected chi connectivity index (χ3v) is 3.23. The van der Waals surface area contributed by atoms with Crippen LogP contribution in [0.3, 0.4) is 0 Å². The lowest BCUT2D eigenvalue weighted by molar-refractivity contribution is 0.698. The molecule has 1 atom stereocenters. The Balaban J connectivity index is 2.61. The SMILES string of the molecule is CCCCC(C=S)c1cnc(N)s1. The van der Waals surface area contributed by atoms with E-state index in [1.54, 1.807) is 0 Å². The van der Waals surface area contributed by atoms with Gasteiger partial charge in [-0.25, -0.2) is 4.98 Å². The Hall–Kier alpha value is -0.480. The number of aromatic nitrogens is 1. The van der Waals surface area contributed by atoms with Gasteiger partial charge in [0.1, 0.15) is 0 Å². The Morgan fingerprint density at radius 3 is 3.00 bits per heavy atom. The average Bonchev–Trinajstić information content (AvgIpc) is 2.54. The minimum atomic E-state index is 0.366. The van der Waals surface area contributed by atoms with Crippen LogP contribution in [0.2, 0.25) is 0 Å². The Labute approximate surface area is 88.2 Å². The first kappa shape index (κ1) is 10.6. The summed E-state index contributed by atoms with van der Waals surface area (Å²) in [6.07, 6.45) is 5.36. The molecular formula is C9H14N2S2. The van der Waals surface area contributed by atoms with Crippen LogP contribution in [0.5, 0.6) is 0 Å². The maximum atomic E-state index is 5.56. The second kappa shape index (κ2) is 5.29. The van der Waals surface area contributed by atoms with Crippen LogP contribution in [0.25, 0.3) is 0 Å². The first-order chi connectivity index (χ1) is 6.27. The molecule has 0 saturated heterocycles. The van der Waals surface area contributed by atoms with Gasteiger partial charge < -0.3 is 5.73 Å². The number of thiazole rings is 1. The lowest BCUT2D eigenvalue weighted by Gasteiger charge is -2.06. The zero-order chi connectivity index (χ0) is 9.68. The molecular weight excluding hydrogens is 200 g/mol. The molecule has 0 saturated carbocycles. The van der Waals surface area contributed by atoms with E-state index in [4.69, 9.17) is 18.0 Å². The van der Waals surface area contributed by atoms with Gasteiger partial charge in [0.05, 0.1) is 0 Å². The van der Waals surface area contributed by atoms with Crippen molar-refractivity contribution < 1.29 is 0 Å². The fourth-order valence-corrected chi connectivity index (χ4v) is 2.33. The van der Waals surface area contributed by atoms with Crippen molar-refractivity contribution in [3.8, 4) is 0 Å². The summed E-state index contributed by atoms with van der Waals surface area (Å²) >= 11 is 6.53. The molecule has 72 valence electrons. The monoisotopic (exact) mass is 214 g/mol. The highest BCUT2D eigenvalue weighted by Crippen LogP contribution is 2.26. The molecule has 2 N–H and O–H groups in total. The van der Waals surface area contributed by atoms with Crippen molar-refractivity contribution in [1.82, 2.24) is 4.98 Å². The maximum Gasteiger partial charge on any atom is 0.180 e. The molecule has 0 fully saturated rings. The van der Waals surface area contributed by atoms with Crippen LogP contribution in [0, 0.1) is 0 Å². The molecule has 1 heterocycles. The van der Waals surface area contributed by atoms with Crippen molar-refractivity contribution in [2.75, 3.05) is 5.73 Å². The summed E-state index contributed by atoms with van der Waals surface area (Å²) in [5.41, 5.74) is 5.56. The third kappa shape index (κ3) is 3.04. The molecule has 1 aromatic rings. The summed E-state index contributed by atoms with van der Waals surface area (Å²) in [5.74, 6) is 0.366. The summed E-state index contributed by atoms with van der Waals surface area (Å²) in [4.78, 5) is 5.22. The first-order valence-electron chi connectivity index (χ1n) is 4.44. The standard InChI is InChI=1S/C9H14N2S2/c1-2-3-4-7(6-12)8-5-11-9(10)13-8/h5-7H,2-4H2,1H3,(H2,10,11). The van der Waals surface area contributed by atoms with Crippen LogP contribution >= 0.6 is 23.6 Å². The van der Waals surface area contributed by atoms with E-state index in [-0.39, 0.29) is 0 Å². The van der Waals surface area contributed by atoms with Crippen LogP contribution in [0.1, 0.15) is 37.0 Å². The molecule has 0 aliphatic rings. The summed E-state index contributed by atoms with van der Waals surface area (Å²) < 4.78 is 0. The summed E-state index contributed by atoms with van der Waals surface area (Å²) in [7, 11) is 0. The molecule has 1 aromatic heterocycles. The minimum Gasteiger partial charge on any atom is -0.375 e. The van der Waals surface area contributed by atoms with Crippen LogP contribution < -0.4 is 5.73 Å². The molecule has 0 radical (unpaired) electrons. The molecule has 0 aromatic carbocycles. The van der Waals surface area contributed by atoms with Gasteiger partial charge in [-0.15, -0.1) is 11.3 Å². The largest absolute Gasteiger partial charge is 0.375 e. The Bertz CT molecular complexity index is 270. The Morgan fingerprint density at radius 1 is 1.77 bits per heavy atom. The fraction of sp³-hybridized carbons (Fsp3) is 0.556. The number of hydrogen-bond donors (Lipinski definition) is 1. The van der Waals surface area contributed by atoms with E-state index in [1.807, 2.05) is 11.6 Å². The quantitative estimate of drug-likeness (QED) is 0.766. The Morgan fingerprint density at radius 2 is 2.54 bits per heavy atom. The predicted octanol–water partition coefficient (Wildman–Crippen LogP) is 3.00. The van der Waals surface area contributed by atoms with Gasteiger partial charge in [-0.3, -0.25) is 0 Å². The van der Waals surface area contributed by atoms with E-state index in [2.05, 4.69) is 11.9 Å². The number of nitrogens with zero attached hydrogens (tertiary/aromatic N) is 1. The van der Waals surface area contributed by atoms with Gasteiger partial charge in [0.25, 0.3) is 0 Å². The van der Waals surface area contributed by atoms with Crippen molar-refractivity contribution >= 4 is 34.1 Å². The zero-order valence-electron chi connectivity index (χ0n) is 7.69. The normalized spacial score (nSPS) is 12.7. The van der Waals surface area contributed by atoms with Crippen LogP contribution in [-0.4, -0.2) is 10.4 Å². The van der Waals surface area contributed by atoms with E-state index in [9.17, 15) is 0 Å². The highest BCUT2D eigenvalue weighted by Gasteiger charge is 2.10. The number of nitrogen functional groups attached to an aromatic ring is 1. The molecule has 4 heteroatoms.